The van der Waals surface area contributed by atoms with E-state index in [4.69, 9.17) is 10.00 Å². The van der Waals surface area contributed by atoms with Crippen LogP contribution in [0.1, 0.15) is 38.3 Å². The SMILES string of the molecule is CCN(CC)C(=O)C(C)C#N.Cc1cccc(OCCC(=O)NC(Cc2ccccc2)B(O)O)c1. The van der Waals surface area contributed by atoms with Gasteiger partial charge in [-0.05, 0) is 57.4 Å². The summed E-state index contributed by atoms with van der Waals surface area (Å²) in [7, 11) is -1.62. The van der Waals surface area contributed by atoms with Gasteiger partial charge in [0.25, 0.3) is 0 Å². The maximum absolute atomic E-state index is 12.0. The van der Waals surface area contributed by atoms with E-state index in [0.29, 0.717) is 25.3 Å². The second kappa shape index (κ2) is 16.3. The molecule has 2 unspecified atom stereocenters. The van der Waals surface area contributed by atoms with Crippen molar-refractivity contribution in [3.63, 3.8) is 0 Å². The van der Waals surface area contributed by atoms with Crippen molar-refractivity contribution in [1.29, 1.82) is 5.26 Å². The molecule has 2 atom stereocenters. The summed E-state index contributed by atoms with van der Waals surface area (Å²) >= 11 is 0. The van der Waals surface area contributed by atoms with Crippen LogP contribution in [0.3, 0.4) is 0 Å². The summed E-state index contributed by atoms with van der Waals surface area (Å²) < 4.78 is 5.53. The molecule has 35 heavy (non-hydrogen) atoms. The topological polar surface area (TPSA) is 123 Å². The van der Waals surface area contributed by atoms with Gasteiger partial charge in [0, 0.05) is 13.1 Å². The predicted molar refractivity (Wildman–Crippen MR) is 136 cm³/mol. The third-order valence-electron chi connectivity index (χ3n) is 5.23. The summed E-state index contributed by atoms with van der Waals surface area (Å²) in [6, 6.07) is 18.9. The number of rotatable bonds is 11. The van der Waals surface area contributed by atoms with Crippen molar-refractivity contribution in [2.75, 3.05) is 19.7 Å². The van der Waals surface area contributed by atoms with Gasteiger partial charge < -0.3 is 25.0 Å². The maximum atomic E-state index is 12.0. The molecule has 0 fully saturated rings. The van der Waals surface area contributed by atoms with E-state index in [1.54, 1.807) is 11.8 Å². The summed E-state index contributed by atoms with van der Waals surface area (Å²) in [6.07, 6.45) is 0.495. The Kier molecular flexibility index (Phi) is 13.8. The molecule has 2 aromatic rings. The molecule has 3 N–H and O–H groups in total. The highest BCUT2D eigenvalue weighted by Gasteiger charge is 2.25. The van der Waals surface area contributed by atoms with E-state index in [0.717, 1.165) is 11.1 Å². The Bertz CT molecular complexity index is 946. The number of aryl methyl sites for hydroxylation is 1. The summed E-state index contributed by atoms with van der Waals surface area (Å²) in [5.74, 6) is -0.895. The van der Waals surface area contributed by atoms with Crippen molar-refractivity contribution in [1.82, 2.24) is 10.2 Å². The first-order valence-corrected chi connectivity index (χ1v) is 11.8. The monoisotopic (exact) mass is 481 g/mol. The van der Waals surface area contributed by atoms with Crippen LogP contribution in [-0.2, 0) is 16.0 Å². The molecule has 0 aliphatic heterocycles. The van der Waals surface area contributed by atoms with Gasteiger partial charge in [0.15, 0.2) is 0 Å². The van der Waals surface area contributed by atoms with Crippen molar-refractivity contribution < 1.29 is 24.4 Å². The van der Waals surface area contributed by atoms with Gasteiger partial charge in [-0.1, -0.05) is 42.5 Å². The molecule has 2 amide bonds. The largest absolute Gasteiger partial charge is 0.493 e. The number of benzene rings is 2. The van der Waals surface area contributed by atoms with Crippen molar-refractivity contribution in [2.24, 2.45) is 5.92 Å². The van der Waals surface area contributed by atoms with Gasteiger partial charge >= 0.3 is 7.12 Å². The minimum Gasteiger partial charge on any atom is -0.493 e. The highest BCUT2D eigenvalue weighted by atomic mass is 16.5. The van der Waals surface area contributed by atoms with Crippen LogP contribution in [0.2, 0.25) is 0 Å². The van der Waals surface area contributed by atoms with Crippen molar-refractivity contribution in [3.8, 4) is 11.8 Å². The van der Waals surface area contributed by atoms with E-state index in [-0.39, 0.29) is 24.8 Å². The molecule has 0 aliphatic rings. The maximum Gasteiger partial charge on any atom is 0.475 e. The zero-order chi connectivity index (χ0) is 26.2. The minimum atomic E-state index is -1.62. The Morgan fingerprint density at radius 1 is 1.11 bits per heavy atom. The lowest BCUT2D eigenvalue weighted by atomic mass is 9.76. The lowest BCUT2D eigenvalue weighted by Crippen LogP contribution is -2.48. The predicted octanol–water partition coefficient (Wildman–Crippen LogP) is 2.52. The lowest BCUT2D eigenvalue weighted by molar-refractivity contribution is -0.132. The van der Waals surface area contributed by atoms with E-state index in [2.05, 4.69) is 5.32 Å². The average Bonchev–Trinajstić information content (AvgIpc) is 2.85. The molecular formula is C26H36BN3O5. The van der Waals surface area contributed by atoms with Crippen LogP contribution in [-0.4, -0.2) is 59.5 Å². The zero-order valence-electron chi connectivity index (χ0n) is 21.0. The normalized spacial score (nSPS) is 11.7. The Hall–Kier alpha value is -3.35. The molecule has 0 aromatic heterocycles. The number of hydrogen-bond acceptors (Lipinski definition) is 6. The van der Waals surface area contributed by atoms with Crippen LogP contribution in [0.15, 0.2) is 54.6 Å². The minimum absolute atomic E-state index is 0.0718. The smallest absolute Gasteiger partial charge is 0.475 e. The van der Waals surface area contributed by atoms with Gasteiger partial charge in [-0.2, -0.15) is 5.26 Å². The Morgan fingerprint density at radius 3 is 2.31 bits per heavy atom. The van der Waals surface area contributed by atoms with Crippen molar-refractivity contribution >= 4 is 18.9 Å². The van der Waals surface area contributed by atoms with Gasteiger partial charge in [-0.25, -0.2) is 0 Å². The van der Waals surface area contributed by atoms with Crippen LogP contribution in [0.4, 0.5) is 0 Å². The fraction of sp³-hybridized carbons (Fsp3) is 0.423. The fourth-order valence-corrected chi connectivity index (χ4v) is 3.21. The van der Waals surface area contributed by atoms with Crippen LogP contribution in [0, 0.1) is 24.2 Å². The van der Waals surface area contributed by atoms with E-state index in [1.165, 1.54) is 0 Å². The van der Waals surface area contributed by atoms with E-state index in [1.807, 2.05) is 81.4 Å². The second-order valence-electron chi connectivity index (χ2n) is 8.05. The molecule has 188 valence electrons. The van der Waals surface area contributed by atoms with E-state index >= 15 is 0 Å². The first-order valence-electron chi connectivity index (χ1n) is 11.8. The number of nitriles is 1. The number of nitrogens with zero attached hydrogens (tertiary/aromatic N) is 2. The molecule has 0 saturated heterocycles. The second-order valence-corrected chi connectivity index (χ2v) is 8.05. The Morgan fingerprint density at radius 2 is 1.77 bits per heavy atom. The van der Waals surface area contributed by atoms with E-state index in [9.17, 15) is 19.6 Å². The molecule has 0 heterocycles. The number of carbonyl (C=O) groups excluding carboxylic acids is 2. The molecule has 9 heteroatoms. The third-order valence-corrected chi connectivity index (χ3v) is 5.23. The Labute approximate surface area is 208 Å². The zero-order valence-corrected chi connectivity index (χ0v) is 21.0. The first kappa shape index (κ1) is 29.7. The molecular weight excluding hydrogens is 445 g/mol. The third kappa shape index (κ3) is 11.6. The average molecular weight is 481 g/mol. The molecule has 0 saturated carbocycles. The molecule has 2 rings (SSSR count). The van der Waals surface area contributed by atoms with Crippen LogP contribution < -0.4 is 10.1 Å². The Balaban J connectivity index is 0.000000471. The first-order chi connectivity index (χ1) is 16.7. The molecule has 0 spiro atoms. The van der Waals surface area contributed by atoms with Gasteiger partial charge in [0.2, 0.25) is 11.8 Å². The summed E-state index contributed by atoms with van der Waals surface area (Å²) in [5.41, 5.74) is 2.01. The number of hydrogen-bond donors (Lipinski definition) is 3. The number of carbonyl (C=O) groups is 2. The lowest BCUT2D eigenvalue weighted by Gasteiger charge is -2.19. The molecule has 2 aromatic carbocycles. The summed E-state index contributed by atoms with van der Waals surface area (Å²) in [6.45, 7) is 9.01. The highest BCUT2D eigenvalue weighted by Crippen LogP contribution is 2.12. The number of ether oxygens (including phenoxy) is 1. The quantitative estimate of drug-likeness (QED) is 0.424. The van der Waals surface area contributed by atoms with Crippen LogP contribution in [0.5, 0.6) is 5.75 Å². The van der Waals surface area contributed by atoms with Gasteiger partial charge in [0.1, 0.15) is 11.7 Å². The van der Waals surface area contributed by atoms with Crippen molar-refractivity contribution in [3.05, 3.63) is 65.7 Å². The highest BCUT2D eigenvalue weighted by molar-refractivity contribution is 6.43. The molecule has 8 nitrogen and oxygen atoms in total. The molecule has 0 aliphatic carbocycles. The number of amides is 2. The van der Waals surface area contributed by atoms with E-state index < -0.39 is 19.0 Å². The van der Waals surface area contributed by atoms with Gasteiger partial charge in [-0.3, -0.25) is 9.59 Å². The fourth-order valence-electron chi connectivity index (χ4n) is 3.21. The van der Waals surface area contributed by atoms with Crippen molar-refractivity contribution in [2.45, 2.75) is 46.5 Å². The molecule has 0 bridgehead atoms. The van der Waals surface area contributed by atoms with Gasteiger partial charge in [-0.15, -0.1) is 0 Å². The molecule has 0 radical (unpaired) electrons. The van der Waals surface area contributed by atoms with Gasteiger partial charge in [0.05, 0.1) is 25.0 Å². The summed E-state index contributed by atoms with van der Waals surface area (Å²) in [5, 5.41) is 30.0. The van der Waals surface area contributed by atoms with Crippen LogP contribution in [0.25, 0.3) is 0 Å². The van der Waals surface area contributed by atoms with Crippen LogP contribution >= 0.6 is 0 Å². The number of nitrogens with one attached hydrogen (secondary N) is 1. The standard InChI is InChI=1S/C18H22BNO4.C8H14N2O/c1-14-6-5-9-16(12-14)24-11-10-18(21)20-17(19(22)23)13-15-7-3-2-4-8-15;1-4-10(5-2)8(11)7(3)6-9/h2-9,12,17,22-23H,10-11,13H2,1H3,(H,20,21);7H,4-5H2,1-3H3. The summed E-state index contributed by atoms with van der Waals surface area (Å²) in [4.78, 5) is 24.9.